The predicted molar refractivity (Wildman–Crippen MR) is 154 cm³/mol. The van der Waals surface area contributed by atoms with Crippen molar-refractivity contribution < 1.29 is 52.7 Å². The normalized spacial score (nSPS) is 23.8. The molecule has 3 heterocycles. The molecule has 43 heavy (non-hydrogen) atoms. The predicted octanol–water partition coefficient (Wildman–Crippen LogP) is 0.389. The van der Waals surface area contributed by atoms with Crippen LogP contribution in [0.3, 0.4) is 0 Å². The van der Waals surface area contributed by atoms with E-state index in [-0.39, 0.29) is 66.6 Å². The van der Waals surface area contributed by atoms with Gasteiger partial charge in [0.2, 0.25) is 11.8 Å². The lowest BCUT2D eigenvalue weighted by Gasteiger charge is -2.27. The van der Waals surface area contributed by atoms with Crippen molar-refractivity contribution in [2.75, 3.05) is 51.6 Å². The Morgan fingerprint density at radius 3 is 2.70 bits per heavy atom. The Balaban J connectivity index is 1.72. The van der Waals surface area contributed by atoms with Crippen LogP contribution in [0.15, 0.2) is 6.33 Å². The highest BCUT2D eigenvalue weighted by molar-refractivity contribution is 8.13. The molecule has 1 aliphatic rings. The molecule has 2 aromatic heterocycles. The highest BCUT2D eigenvalue weighted by Gasteiger charge is 2.54. The van der Waals surface area contributed by atoms with Gasteiger partial charge in [-0.2, -0.15) is 9.97 Å². The summed E-state index contributed by atoms with van der Waals surface area (Å²) in [7, 11) is -2.75. The van der Waals surface area contributed by atoms with Crippen molar-refractivity contribution in [1.82, 2.24) is 24.6 Å². The number of nitrogens with two attached hydrogens (primary N) is 1. The second-order valence-corrected chi connectivity index (χ2v) is 13.3. The number of hydrogen-bond donors (Lipinski definition) is 5. The first-order chi connectivity index (χ1) is 20.2. The summed E-state index contributed by atoms with van der Waals surface area (Å²) in [5.74, 6) is -0.450. The lowest BCUT2D eigenvalue weighted by molar-refractivity contribution is -0.142. The summed E-state index contributed by atoms with van der Waals surface area (Å²) in [6.07, 6.45) is -2.78. The Morgan fingerprint density at radius 1 is 1.33 bits per heavy atom. The monoisotopic (exact) mass is 650 g/mol. The Hall–Kier alpha value is -2.41. The van der Waals surface area contributed by atoms with E-state index in [2.05, 4.69) is 20.0 Å². The van der Waals surface area contributed by atoms with Gasteiger partial charge in [0, 0.05) is 12.3 Å². The molecule has 0 aromatic carbocycles. The molecule has 0 amide bonds. The summed E-state index contributed by atoms with van der Waals surface area (Å²) in [6, 6.07) is 0. The van der Waals surface area contributed by atoms with Crippen LogP contribution >= 0.6 is 19.5 Å². The molecule has 1 saturated heterocycles. The van der Waals surface area contributed by atoms with Gasteiger partial charge in [0.1, 0.15) is 17.8 Å². The SMILES string of the molecule is CCOC(=O)CCNP(=O)(OCCSC(=O)C(C)(C)CO)OC[C@H]1O[C@@H](n2cnc3c(OC)nc(N)nc32)[C@@](C)(O)C1O. The second kappa shape index (κ2) is 14.6. The minimum atomic E-state index is -4.14. The van der Waals surface area contributed by atoms with Crippen LogP contribution in [0.2, 0.25) is 0 Å². The van der Waals surface area contributed by atoms with Crippen LogP contribution in [0.25, 0.3) is 11.2 Å². The van der Waals surface area contributed by atoms with E-state index in [0.29, 0.717) is 0 Å². The van der Waals surface area contributed by atoms with E-state index in [1.165, 1.54) is 24.9 Å². The summed E-state index contributed by atoms with van der Waals surface area (Å²) in [5, 5.41) is 33.8. The summed E-state index contributed by atoms with van der Waals surface area (Å²) < 4.78 is 42.0. The van der Waals surface area contributed by atoms with Crippen LogP contribution in [0.5, 0.6) is 5.88 Å². The van der Waals surface area contributed by atoms with E-state index in [0.717, 1.165) is 11.8 Å². The number of anilines is 1. The molecule has 0 radical (unpaired) electrons. The van der Waals surface area contributed by atoms with Crippen LogP contribution < -0.4 is 15.6 Å². The van der Waals surface area contributed by atoms with Gasteiger partial charge in [0.25, 0.3) is 0 Å². The van der Waals surface area contributed by atoms with Crippen LogP contribution in [-0.4, -0.2) is 110 Å². The molecule has 0 spiro atoms. The molecular formula is C24H39N6O11PS. The first kappa shape index (κ1) is 35.1. The molecule has 3 rings (SSSR count). The van der Waals surface area contributed by atoms with Gasteiger partial charge in [-0.25, -0.2) is 14.6 Å². The molecule has 2 aromatic rings. The van der Waals surface area contributed by atoms with E-state index in [9.17, 15) is 29.5 Å². The molecular weight excluding hydrogens is 611 g/mol. The molecule has 1 fully saturated rings. The Labute approximate surface area is 252 Å². The number of nitrogen functional groups attached to an aromatic ring is 1. The summed E-state index contributed by atoms with van der Waals surface area (Å²) in [4.78, 5) is 36.4. The van der Waals surface area contributed by atoms with Crippen molar-refractivity contribution in [1.29, 1.82) is 0 Å². The number of aromatic nitrogens is 4. The van der Waals surface area contributed by atoms with E-state index in [1.807, 2.05) is 0 Å². The van der Waals surface area contributed by atoms with E-state index < -0.39 is 49.8 Å². The van der Waals surface area contributed by atoms with Crippen molar-refractivity contribution in [3.8, 4) is 5.88 Å². The van der Waals surface area contributed by atoms with Crippen LogP contribution in [0.4, 0.5) is 5.95 Å². The fourth-order valence-electron chi connectivity index (χ4n) is 3.98. The molecule has 5 atom stereocenters. The van der Waals surface area contributed by atoms with Gasteiger partial charge in [0.05, 0.1) is 51.7 Å². The zero-order chi connectivity index (χ0) is 32.0. The molecule has 0 aliphatic carbocycles. The Bertz CT molecular complexity index is 1330. The molecule has 6 N–H and O–H groups in total. The number of ether oxygens (including phenoxy) is 3. The topological polar surface area (TPSA) is 240 Å². The molecule has 17 nitrogen and oxygen atoms in total. The number of aliphatic hydroxyl groups excluding tert-OH is 2. The summed E-state index contributed by atoms with van der Waals surface area (Å²) >= 11 is 0.894. The Kier molecular flexibility index (Phi) is 11.9. The summed E-state index contributed by atoms with van der Waals surface area (Å²) in [6.45, 7) is 5.18. The smallest absolute Gasteiger partial charge is 0.405 e. The molecule has 2 unspecified atom stereocenters. The largest absolute Gasteiger partial charge is 0.479 e. The van der Waals surface area contributed by atoms with Gasteiger partial charge in [0.15, 0.2) is 22.5 Å². The number of nitrogens with zero attached hydrogens (tertiary/aromatic N) is 4. The van der Waals surface area contributed by atoms with Gasteiger partial charge in [-0.05, 0) is 27.7 Å². The zero-order valence-corrected chi connectivity index (χ0v) is 26.3. The first-order valence-electron chi connectivity index (χ1n) is 13.4. The lowest BCUT2D eigenvalue weighted by atomic mass is 9.96. The molecule has 0 saturated carbocycles. The first-order valence-corrected chi connectivity index (χ1v) is 15.9. The molecule has 242 valence electrons. The number of thioether (sulfide) groups is 1. The van der Waals surface area contributed by atoms with Crippen LogP contribution in [-0.2, 0) is 32.7 Å². The van der Waals surface area contributed by atoms with Gasteiger partial charge >= 0.3 is 13.7 Å². The van der Waals surface area contributed by atoms with Gasteiger partial charge < -0.3 is 35.3 Å². The van der Waals surface area contributed by atoms with Crippen molar-refractivity contribution in [3.63, 3.8) is 0 Å². The van der Waals surface area contributed by atoms with Crippen molar-refractivity contribution in [2.45, 2.75) is 58.2 Å². The van der Waals surface area contributed by atoms with Crippen molar-refractivity contribution in [2.24, 2.45) is 5.41 Å². The van der Waals surface area contributed by atoms with Gasteiger partial charge in [-0.1, -0.05) is 11.8 Å². The van der Waals surface area contributed by atoms with Crippen LogP contribution in [0.1, 0.15) is 40.3 Å². The average molecular weight is 651 g/mol. The van der Waals surface area contributed by atoms with Crippen molar-refractivity contribution >= 4 is 47.7 Å². The lowest BCUT2D eigenvalue weighted by Crippen LogP contribution is -2.44. The minimum absolute atomic E-state index is 0.0939. The fourth-order valence-corrected chi connectivity index (χ4v) is 6.23. The number of fused-ring (bicyclic) bond motifs is 1. The number of nitrogens with one attached hydrogen (secondary N) is 1. The van der Waals surface area contributed by atoms with E-state index in [1.54, 1.807) is 20.8 Å². The summed E-state index contributed by atoms with van der Waals surface area (Å²) in [5.41, 5.74) is 3.35. The second-order valence-electron chi connectivity index (χ2n) is 10.4. The third kappa shape index (κ3) is 8.40. The third-order valence-electron chi connectivity index (χ3n) is 6.48. The van der Waals surface area contributed by atoms with Crippen LogP contribution in [0, 0.1) is 5.41 Å². The highest BCUT2D eigenvalue weighted by atomic mass is 32.2. The minimum Gasteiger partial charge on any atom is -0.479 e. The number of esters is 1. The maximum absolute atomic E-state index is 13.6. The number of rotatable bonds is 16. The number of methoxy groups -OCH3 is 1. The van der Waals surface area contributed by atoms with Gasteiger partial charge in [-0.3, -0.25) is 23.2 Å². The van der Waals surface area contributed by atoms with E-state index in [4.69, 9.17) is 29.0 Å². The van der Waals surface area contributed by atoms with Gasteiger partial charge in [-0.15, -0.1) is 0 Å². The highest BCUT2D eigenvalue weighted by Crippen LogP contribution is 2.46. The molecule has 0 bridgehead atoms. The average Bonchev–Trinajstić information content (AvgIpc) is 3.46. The molecule has 19 heteroatoms. The van der Waals surface area contributed by atoms with Crippen molar-refractivity contribution in [3.05, 3.63) is 6.33 Å². The number of hydrogen-bond acceptors (Lipinski definition) is 16. The van der Waals surface area contributed by atoms with E-state index >= 15 is 0 Å². The fraction of sp³-hybridized carbons (Fsp3) is 0.708. The number of imidazole rings is 1. The quantitative estimate of drug-likeness (QED) is 0.0937. The number of carbonyl (C=O) groups excluding carboxylic acids is 2. The number of carbonyl (C=O) groups is 2. The zero-order valence-electron chi connectivity index (χ0n) is 24.6. The third-order valence-corrected chi connectivity index (χ3v) is 9.29. The molecule has 1 aliphatic heterocycles. The maximum atomic E-state index is 13.6. The Morgan fingerprint density at radius 2 is 2.05 bits per heavy atom. The number of aliphatic hydroxyl groups is 3. The maximum Gasteiger partial charge on any atom is 0.405 e. The standard InChI is InChI=1S/C24H39N6O11PS/c1-6-38-15(32)7-8-27-42(36,39-9-10-43-21(34)23(2,3)12-31)40-11-14-17(33)24(4,35)20(41-14)30-13-26-16-18(30)28-22(25)29-19(16)37-5/h13-14,17,20,31,33,35H,6-12H2,1-5H3,(H,27,36)(H2,25,28,29)/t14-,17?,20-,24+,42?/m1/s1.